The van der Waals surface area contributed by atoms with Gasteiger partial charge in [0.25, 0.3) is 0 Å². The van der Waals surface area contributed by atoms with Gasteiger partial charge in [-0.25, -0.2) is 4.79 Å². The molecule has 1 aromatic carbocycles. The standard InChI is InChI=1S/C17H24N4O2/c22-17(18-9-4-10-23-15-5-2-1-3-6-15)20-14-7-8-16-13(11-14)12-19-21-16/h7-8,11-12,15H,1-6,9-10H2,(H,19,21)(H2,18,20,22). The highest BCUT2D eigenvalue weighted by Gasteiger charge is 2.13. The molecule has 3 rings (SSSR count). The van der Waals surface area contributed by atoms with Crippen molar-refractivity contribution in [1.82, 2.24) is 15.5 Å². The Morgan fingerprint density at radius 2 is 2.17 bits per heavy atom. The fourth-order valence-corrected chi connectivity index (χ4v) is 2.95. The van der Waals surface area contributed by atoms with Gasteiger partial charge >= 0.3 is 6.03 Å². The lowest BCUT2D eigenvalue weighted by molar-refractivity contribution is 0.0276. The van der Waals surface area contributed by atoms with Gasteiger partial charge in [-0.3, -0.25) is 5.10 Å². The van der Waals surface area contributed by atoms with Crippen molar-refractivity contribution in [2.45, 2.75) is 44.6 Å². The van der Waals surface area contributed by atoms with Gasteiger partial charge in [-0.05, 0) is 37.5 Å². The maximum Gasteiger partial charge on any atom is 0.319 e. The summed E-state index contributed by atoms with van der Waals surface area (Å²) in [5.41, 5.74) is 1.71. The fraction of sp³-hybridized carbons (Fsp3) is 0.529. The average molecular weight is 316 g/mol. The summed E-state index contributed by atoms with van der Waals surface area (Å²) in [6.07, 6.45) is 9.28. The van der Waals surface area contributed by atoms with Crippen LogP contribution in [-0.2, 0) is 4.74 Å². The maximum absolute atomic E-state index is 11.9. The van der Waals surface area contributed by atoms with Gasteiger partial charge in [-0.1, -0.05) is 19.3 Å². The van der Waals surface area contributed by atoms with Crippen molar-refractivity contribution in [1.29, 1.82) is 0 Å². The first-order chi connectivity index (χ1) is 11.3. The second kappa shape index (κ2) is 7.97. The van der Waals surface area contributed by atoms with Crippen molar-refractivity contribution in [3.63, 3.8) is 0 Å². The quantitative estimate of drug-likeness (QED) is 0.714. The molecule has 1 saturated carbocycles. The number of ether oxygens (including phenoxy) is 1. The number of H-pyrrole nitrogens is 1. The molecule has 0 aliphatic heterocycles. The van der Waals surface area contributed by atoms with Crippen LogP contribution in [0, 0.1) is 0 Å². The van der Waals surface area contributed by atoms with Gasteiger partial charge < -0.3 is 15.4 Å². The molecule has 1 heterocycles. The number of aromatic amines is 1. The zero-order valence-corrected chi connectivity index (χ0v) is 13.3. The summed E-state index contributed by atoms with van der Waals surface area (Å²) in [5.74, 6) is 0. The minimum absolute atomic E-state index is 0.189. The average Bonchev–Trinajstić information content (AvgIpc) is 3.03. The number of rotatable bonds is 6. The molecule has 0 spiro atoms. The van der Waals surface area contributed by atoms with E-state index in [2.05, 4.69) is 20.8 Å². The second-order valence-corrected chi connectivity index (χ2v) is 6.04. The van der Waals surface area contributed by atoms with E-state index in [1.807, 2.05) is 18.2 Å². The highest BCUT2D eigenvalue weighted by molar-refractivity contribution is 5.92. The molecule has 1 fully saturated rings. The molecule has 6 heteroatoms. The van der Waals surface area contributed by atoms with Crippen molar-refractivity contribution in [3.05, 3.63) is 24.4 Å². The first-order valence-corrected chi connectivity index (χ1v) is 8.41. The van der Waals surface area contributed by atoms with Crippen LogP contribution in [0.5, 0.6) is 0 Å². The first-order valence-electron chi connectivity index (χ1n) is 8.41. The number of carbonyl (C=O) groups excluding carboxylic acids is 1. The van der Waals surface area contributed by atoms with Gasteiger partial charge in [-0.2, -0.15) is 5.10 Å². The molecule has 3 N–H and O–H groups in total. The number of hydrogen-bond donors (Lipinski definition) is 3. The third-order valence-electron chi connectivity index (χ3n) is 4.21. The molecule has 2 aromatic rings. The number of carbonyl (C=O) groups is 1. The van der Waals surface area contributed by atoms with Crippen LogP contribution in [0.2, 0.25) is 0 Å². The Bertz CT molecular complexity index is 634. The van der Waals surface area contributed by atoms with Crippen molar-refractivity contribution in [2.24, 2.45) is 0 Å². The zero-order chi connectivity index (χ0) is 15.9. The number of aromatic nitrogens is 2. The number of anilines is 1. The van der Waals surface area contributed by atoms with Crippen molar-refractivity contribution in [2.75, 3.05) is 18.5 Å². The number of amides is 2. The molecule has 1 aliphatic carbocycles. The minimum atomic E-state index is -0.189. The predicted octanol–water partition coefficient (Wildman–Crippen LogP) is 3.42. The lowest BCUT2D eigenvalue weighted by atomic mass is 9.98. The Kier molecular flexibility index (Phi) is 5.47. The zero-order valence-electron chi connectivity index (χ0n) is 13.3. The largest absolute Gasteiger partial charge is 0.378 e. The third-order valence-corrected chi connectivity index (χ3v) is 4.21. The van der Waals surface area contributed by atoms with Crippen molar-refractivity contribution >= 4 is 22.6 Å². The summed E-state index contributed by atoms with van der Waals surface area (Å²) in [7, 11) is 0. The highest BCUT2D eigenvalue weighted by Crippen LogP contribution is 2.20. The maximum atomic E-state index is 11.9. The monoisotopic (exact) mass is 316 g/mol. The summed E-state index contributed by atoms with van der Waals surface area (Å²) in [6.45, 7) is 1.33. The van der Waals surface area contributed by atoms with E-state index in [1.165, 1.54) is 32.1 Å². The number of nitrogens with zero attached hydrogens (tertiary/aromatic N) is 1. The Labute approximate surface area is 136 Å². The van der Waals surface area contributed by atoms with Gasteiger partial charge in [0.15, 0.2) is 0 Å². The van der Waals surface area contributed by atoms with Gasteiger partial charge in [0, 0.05) is 24.2 Å². The van der Waals surface area contributed by atoms with Crippen LogP contribution in [0.3, 0.4) is 0 Å². The number of nitrogens with one attached hydrogen (secondary N) is 3. The van der Waals surface area contributed by atoms with E-state index >= 15 is 0 Å². The predicted molar refractivity (Wildman–Crippen MR) is 90.6 cm³/mol. The number of fused-ring (bicyclic) bond motifs is 1. The number of benzene rings is 1. The van der Waals surface area contributed by atoms with Gasteiger partial charge in [-0.15, -0.1) is 0 Å². The first kappa shape index (κ1) is 15.8. The molecular formula is C17H24N4O2. The van der Waals surface area contributed by atoms with Gasteiger partial charge in [0.05, 0.1) is 17.8 Å². The summed E-state index contributed by atoms with van der Waals surface area (Å²) in [5, 5.41) is 13.5. The molecule has 6 nitrogen and oxygen atoms in total. The number of hydrogen-bond acceptors (Lipinski definition) is 3. The Hall–Kier alpha value is -2.08. The third kappa shape index (κ3) is 4.69. The molecule has 23 heavy (non-hydrogen) atoms. The second-order valence-electron chi connectivity index (χ2n) is 6.04. The highest BCUT2D eigenvalue weighted by atomic mass is 16.5. The Morgan fingerprint density at radius 1 is 1.30 bits per heavy atom. The molecule has 0 saturated heterocycles. The Balaban J connectivity index is 1.33. The van der Waals surface area contributed by atoms with Crippen molar-refractivity contribution in [3.8, 4) is 0 Å². The lowest BCUT2D eigenvalue weighted by Crippen LogP contribution is -2.30. The molecule has 0 radical (unpaired) electrons. The lowest BCUT2D eigenvalue weighted by Gasteiger charge is -2.21. The van der Waals surface area contributed by atoms with Crippen LogP contribution < -0.4 is 10.6 Å². The van der Waals surface area contributed by atoms with E-state index in [0.29, 0.717) is 19.3 Å². The van der Waals surface area contributed by atoms with Crippen LogP contribution in [0.15, 0.2) is 24.4 Å². The van der Waals surface area contributed by atoms with Crippen LogP contribution in [-0.4, -0.2) is 35.5 Å². The topological polar surface area (TPSA) is 79.0 Å². The minimum Gasteiger partial charge on any atom is -0.378 e. The Morgan fingerprint density at radius 3 is 3.04 bits per heavy atom. The van der Waals surface area contributed by atoms with Crippen LogP contribution in [0.1, 0.15) is 38.5 Å². The molecule has 2 amide bonds. The van der Waals surface area contributed by atoms with Crippen molar-refractivity contribution < 1.29 is 9.53 Å². The molecule has 1 aromatic heterocycles. The van der Waals surface area contributed by atoms with Gasteiger partial charge in [0.2, 0.25) is 0 Å². The van der Waals surface area contributed by atoms with E-state index in [0.717, 1.165) is 23.0 Å². The molecule has 0 bridgehead atoms. The molecule has 0 atom stereocenters. The summed E-state index contributed by atoms with van der Waals surface area (Å²) in [4.78, 5) is 11.9. The van der Waals surface area contributed by atoms with Gasteiger partial charge in [0.1, 0.15) is 0 Å². The molecule has 0 unspecified atom stereocenters. The summed E-state index contributed by atoms with van der Waals surface area (Å²) < 4.78 is 5.84. The fourth-order valence-electron chi connectivity index (χ4n) is 2.95. The molecular weight excluding hydrogens is 292 g/mol. The van der Waals surface area contributed by atoms with Crippen LogP contribution in [0.4, 0.5) is 10.5 Å². The summed E-state index contributed by atoms with van der Waals surface area (Å²) >= 11 is 0. The summed E-state index contributed by atoms with van der Waals surface area (Å²) in [6, 6.07) is 5.46. The molecule has 124 valence electrons. The molecule has 1 aliphatic rings. The van der Waals surface area contributed by atoms with E-state index in [9.17, 15) is 4.79 Å². The van der Waals surface area contributed by atoms with E-state index in [1.54, 1.807) is 6.20 Å². The van der Waals surface area contributed by atoms with Crippen LogP contribution >= 0.6 is 0 Å². The van der Waals surface area contributed by atoms with E-state index < -0.39 is 0 Å². The van der Waals surface area contributed by atoms with E-state index in [4.69, 9.17) is 4.74 Å². The smallest absolute Gasteiger partial charge is 0.319 e. The van der Waals surface area contributed by atoms with E-state index in [-0.39, 0.29) is 6.03 Å². The number of urea groups is 1. The van der Waals surface area contributed by atoms with Crippen LogP contribution in [0.25, 0.3) is 10.9 Å². The SMILES string of the molecule is O=C(NCCCOC1CCCCC1)Nc1ccc2[nH]ncc2c1. The normalized spacial score (nSPS) is 15.7.